The maximum atomic E-state index is 14.8. The number of halogens is 1. The van der Waals surface area contributed by atoms with Gasteiger partial charge in [-0.15, -0.1) is 0 Å². The summed E-state index contributed by atoms with van der Waals surface area (Å²) in [5, 5.41) is 0. The second kappa shape index (κ2) is 8.71. The van der Waals surface area contributed by atoms with E-state index in [9.17, 15) is 14.0 Å². The molecule has 3 heterocycles. The normalized spacial score (nSPS) is 29.1. The average molecular weight is 429 g/mol. The number of hydrogen-bond acceptors (Lipinski definition) is 5. The van der Waals surface area contributed by atoms with Crippen LogP contribution in [0.5, 0.6) is 0 Å². The molecule has 0 spiro atoms. The topological polar surface area (TPSA) is 59.1 Å². The summed E-state index contributed by atoms with van der Waals surface area (Å²) in [4.78, 5) is 30.8. The zero-order valence-electron chi connectivity index (χ0n) is 17.7. The Morgan fingerprint density at radius 3 is 2.61 bits per heavy atom. The van der Waals surface area contributed by atoms with Gasteiger partial charge in [-0.1, -0.05) is 24.6 Å². The molecule has 1 saturated carbocycles. The van der Waals surface area contributed by atoms with E-state index in [0.29, 0.717) is 17.7 Å². The highest BCUT2D eigenvalue weighted by atomic mass is 19.1. The van der Waals surface area contributed by atoms with Gasteiger partial charge in [0.05, 0.1) is 30.7 Å². The van der Waals surface area contributed by atoms with Gasteiger partial charge in [0.15, 0.2) is 11.5 Å². The molecule has 1 saturated heterocycles. The third kappa shape index (κ3) is 3.78. The van der Waals surface area contributed by atoms with E-state index in [1.807, 2.05) is 0 Å². The molecule has 0 aromatic heterocycles. The van der Waals surface area contributed by atoms with Crippen molar-refractivity contribution in [3.63, 3.8) is 0 Å². The minimum absolute atomic E-state index is 0.0248. The molecule has 5 rings (SSSR count). The average Bonchev–Trinajstić information content (AvgIpc) is 3.07. The van der Waals surface area contributed by atoms with Crippen LogP contribution < -0.4 is 0 Å². The number of nitrogens with zero attached hydrogens (tertiary/aromatic N) is 2. The van der Waals surface area contributed by atoms with Gasteiger partial charge in [0.25, 0.3) is 5.91 Å². The Hall–Kier alpha value is -2.25. The molecule has 3 unspecified atom stereocenters. The highest BCUT2D eigenvalue weighted by Gasteiger charge is 2.52. The number of carbonyl (C=O) groups excluding carboxylic acids is 2. The molecule has 3 atom stereocenters. The smallest absolute Gasteiger partial charge is 0.290 e. The largest absolute Gasteiger partial charge is 0.483 e. The van der Waals surface area contributed by atoms with Crippen LogP contribution in [0.25, 0.3) is 0 Å². The molecule has 1 amide bonds. The zero-order chi connectivity index (χ0) is 21.4. The summed E-state index contributed by atoms with van der Waals surface area (Å²) in [6.07, 6.45) is 4.08. The van der Waals surface area contributed by atoms with E-state index in [1.165, 1.54) is 6.07 Å². The molecule has 31 heavy (non-hydrogen) atoms. The second-order valence-electron chi connectivity index (χ2n) is 8.88. The highest BCUT2D eigenvalue weighted by molar-refractivity contribution is 6.11. The first-order valence-electron chi connectivity index (χ1n) is 11.5. The van der Waals surface area contributed by atoms with Crippen LogP contribution in [0.15, 0.2) is 35.6 Å². The molecule has 1 aromatic rings. The molecule has 1 aliphatic carbocycles. The van der Waals surface area contributed by atoms with Gasteiger partial charge in [-0.2, -0.15) is 0 Å². The molecule has 0 N–H and O–H groups in total. The van der Waals surface area contributed by atoms with Crippen molar-refractivity contribution in [1.29, 1.82) is 0 Å². The van der Waals surface area contributed by atoms with Crippen LogP contribution in [-0.2, 0) is 19.1 Å². The summed E-state index contributed by atoms with van der Waals surface area (Å²) in [6, 6.07) is 5.75. The van der Waals surface area contributed by atoms with Gasteiger partial charge in [-0.25, -0.2) is 4.39 Å². The number of ether oxygens (including phenoxy) is 2. The van der Waals surface area contributed by atoms with Gasteiger partial charge in [0.1, 0.15) is 11.9 Å². The first-order chi connectivity index (χ1) is 15.1. The minimum atomic E-state index is -0.705. The van der Waals surface area contributed by atoms with Crippen LogP contribution in [0, 0.1) is 11.7 Å². The molecule has 0 bridgehead atoms. The van der Waals surface area contributed by atoms with Crippen LogP contribution in [0.1, 0.15) is 43.7 Å². The van der Waals surface area contributed by atoms with Crippen molar-refractivity contribution in [1.82, 2.24) is 9.80 Å². The fourth-order valence-corrected chi connectivity index (χ4v) is 5.43. The van der Waals surface area contributed by atoms with Crippen LogP contribution in [0.3, 0.4) is 0 Å². The van der Waals surface area contributed by atoms with Crippen molar-refractivity contribution in [3.8, 4) is 0 Å². The van der Waals surface area contributed by atoms with E-state index in [2.05, 4.69) is 4.90 Å². The number of carbonyl (C=O) groups is 2. The fraction of sp³-hybridized carbons (Fsp3) is 0.583. The Labute approximate surface area is 182 Å². The molecule has 7 heteroatoms. The molecule has 0 radical (unpaired) electrons. The summed E-state index contributed by atoms with van der Waals surface area (Å²) in [6.45, 7) is 4.49. The number of fused-ring (bicyclic) bond motifs is 1. The maximum Gasteiger partial charge on any atom is 0.290 e. The standard InChI is InChI=1S/C24H29FN2O4/c25-18-8-3-1-6-16(18)21-20-22(28)17-7-2-4-9-19(17)31-23(20)24(29)27(21)11-5-10-26-12-14-30-15-13-26/h1,3,6,8,17,19,21H,2,4-5,7,9-15H2. The lowest BCUT2D eigenvalue weighted by atomic mass is 9.77. The Bertz CT molecular complexity index is 895. The van der Waals surface area contributed by atoms with Crippen molar-refractivity contribution in [3.05, 3.63) is 47.0 Å². The highest BCUT2D eigenvalue weighted by Crippen LogP contribution is 2.47. The van der Waals surface area contributed by atoms with E-state index in [4.69, 9.17) is 9.47 Å². The number of benzene rings is 1. The predicted molar refractivity (Wildman–Crippen MR) is 112 cm³/mol. The molecule has 1 aromatic carbocycles. The summed E-state index contributed by atoms with van der Waals surface area (Å²) < 4.78 is 26.4. The van der Waals surface area contributed by atoms with Crippen LogP contribution in [0.4, 0.5) is 4.39 Å². The quantitative estimate of drug-likeness (QED) is 0.722. The SMILES string of the molecule is O=C1C2=C(OC3CCCCC13)C(=O)N(CCCN1CCOCC1)C2c1ccccc1F. The minimum Gasteiger partial charge on any atom is -0.483 e. The molecule has 6 nitrogen and oxygen atoms in total. The Kier molecular flexibility index (Phi) is 5.80. The zero-order valence-corrected chi connectivity index (χ0v) is 17.7. The number of Topliss-reactive ketones (excluding diaryl/α,β-unsaturated/α-hetero) is 1. The molecule has 4 aliphatic rings. The van der Waals surface area contributed by atoms with Gasteiger partial charge in [-0.3, -0.25) is 14.5 Å². The van der Waals surface area contributed by atoms with Gasteiger partial charge in [0, 0.05) is 31.7 Å². The predicted octanol–water partition coefficient (Wildman–Crippen LogP) is 2.84. The number of ketones is 1. The van der Waals surface area contributed by atoms with E-state index in [-0.39, 0.29) is 29.5 Å². The number of morpholine rings is 1. The van der Waals surface area contributed by atoms with Crippen LogP contribution in [-0.4, -0.2) is 67.0 Å². The van der Waals surface area contributed by atoms with Gasteiger partial charge in [-0.05, 0) is 31.7 Å². The third-order valence-corrected chi connectivity index (χ3v) is 7.04. The summed E-state index contributed by atoms with van der Waals surface area (Å²) >= 11 is 0. The fourth-order valence-electron chi connectivity index (χ4n) is 5.43. The maximum absolute atomic E-state index is 14.8. The van der Waals surface area contributed by atoms with E-state index < -0.39 is 11.9 Å². The molecule has 166 valence electrons. The summed E-state index contributed by atoms with van der Waals surface area (Å²) in [5.41, 5.74) is 0.739. The van der Waals surface area contributed by atoms with Crippen molar-refractivity contribution >= 4 is 11.7 Å². The van der Waals surface area contributed by atoms with Crippen molar-refractivity contribution in [2.75, 3.05) is 39.4 Å². The second-order valence-corrected chi connectivity index (χ2v) is 8.88. The summed E-state index contributed by atoms with van der Waals surface area (Å²) in [5.74, 6) is -0.757. The lowest BCUT2D eigenvalue weighted by Gasteiger charge is -2.35. The third-order valence-electron chi connectivity index (χ3n) is 7.04. The Morgan fingerprint density at radius 2 is 1.81 bits per heavy atom. The first kappa shape index (κ1) is 20.6. The Morgan fingerprint density at radius 1 is 1.03 bits per heavy atom. The van der Waals surface area contributed by atoms with Crippen molar-refractivity contribution in [2.45, 2.75) is 44.2 Å². The number of amides is 1. The molecule has 2 fully saturated rings. The lowest BCUT2D eigenvalue weighted by molar-refractivity contribution is -0.135. The van der Waals surface area contributed by atoms with Gasteiger partial charge < -0.3 is 14.4 Å². The number of hydrogen-bond donors (Lipinski definition) is 0. The molecular weight excluding hydrogens is 399 g/mol. The van der Waals surface area contributed by atoms with E-state index >= 15 is 0 Å². The van der Waals surface area contributed by atoms with Gasteiger partial charge in [0.2, 0.25) is 0 Å². The van der Waals surface area contributed by atoms with Crippen molar-refractivity contribution < 1.29 is 23.5 Å². The van der Waals surface area contributed by atoms with Crippen LogP contribution in [0.2, 0.25) is 0 Å². The van der Waals surface area contributed by atoms with Crippen LogP contribution >= 0.6 is 0 Å². The molecular formula is C24H29FN2O4. The number of rotatable bonds is 5. The van der Waals surface area contributed by atoms with E-state index in [1.54, 1.807) is 23.1 Å². The van der Waals surface area contributed by atoms with Crippen molar-refractivity contribution in [2.24, 2.45) is 5.92 Å². The first-order valence-corrected chi connectivity index (χ1v) is 11.5. The monoisotopic (exact) mass is 428 g/mol. The summed E-state index contributed by atoms with van der Waals surface area (Å²) in [7, 11) is 0. The van der Waals surface area contributed by atoms with E-state index in [0.717, 1.165) is 65.0 Å². The molecule has 3 aliphatic heterocycles. The lowest BCUT2D eigenvalue weighted by Crippen LogP contribution is -2.39. The Balaban J connectivity index is 1.43. The van der Waals surface area contributed by atoms with Gasteiger partial charge >= 0.3 is 0 Å².